The summed E-state index contributed by atoms with van der Waals surface area (Å²) in [6.07, 6.45) is 2.72. The summed E-state index contributed by atoms with van der Waals surface area (Å²) >= 11 is 0. The molecule has 0 saturated heterocycles. The molecule has 0 unspecified atom stereocenters. The minimum Gasteiger partial charge on any atom is -0.409 e. The highest BCUT2D eigenvalue weighted by atomic mass is 31.2. The first-order valence-electron chi connectivity index (χ1n) is 4.98. The standard InChI is InChI=1S/C9H13N2O6P/c1-7-6-11(9(13)10-8(7)12)17-4-2-3-5-18(14,15)16/h3,5-6H,2,4H2,1H3,(H,10,12,13)(H2,14,15,16). The zero-order valence-corrected chi connectivity index (χ0v) is 10.5. The summed E-state index contributed by atoms with van der Waals surface area (Å²) in [5, 5.41) is 0. The van der Waals surface area contributed by atoms with E-state index in [9.17, 15) is 14.2 Å². The number of rotatable bonds is 5. The highest BCUT2D eigenvalue weighted by molar-refractivity contribution is 7.55. The van der Waals surface area contributed by atoms with Gasteiger partial charge in [0.1, 0.15) is 6.61 Å². The Kier molecular flexibility index (Phi) is 4.66. The summed E-state index contributed by atoms with van der Waals surface area (Å²) in [7, 11) is -4.15. The smallest absolute Gasteiger partial charge is 0.361 e. The van der Waals surface area contributed by atoms with Crippen LogP contribution in [0.4, 0.5) is 0 Å². The van der Waals surface area contributed by atoms with Crippen molar-refractivity contribution < 1.29 is 19.2 Å². The molecule has 0 radical (unpaired) electrons. The average molecular weight is 276 g/mol. The van der Waals surface area contributed by atoms with Crippen molar-refractivity contribution in [3.05, 3.63) is 44.5 Å². The minimum absolute atomic E-state index is 0.0435. The van der Waals surface area contributed by atoms with Gasteiger partial charge in [-0.15, -0.1) is 4.73 Å². The van der Waals surface area contributed by atoms with E-state index in [4.69, 9.17) is 14.6 Å². The maximum atomic E-state index is 11.3. The van der Waals surface area contributed by atoms with E-state index in [1.54, 1.807) is 0 Å². The van der Waals surface area contributed by atoms with E-state index in [1.165, 1.54) is 19.2 Å². The zero-order chi connectivity index (χ0) is 13.8. The molecule has 0 atom stereocenters. The van der Waals surface area contributed by atoms with Gasteiger partial charge in [0.05, 0.1) is 6.20 Å². The SMILES string of the molecule is Cc1cn(OCCC=CP(=O)(O)O)c(=O)[nH]c1=O. The average Bonchev–Trinajstić information content (AvgIpc) is 2.23. The van der Waals surface area contributed by atoms with Gasteiger partial charge in [0.25, 0.3) is 5.56 Å². The van der Waals surface area contributed by atoms with Crippen molar-refractivity contribution in [2.75, 3.05) is 6.61 Å². The van der Waals surface area contributed by atoms with Crippen LogP contribution in [0.15, 0.2) is 27.7 Å². The number of aromatic amines is 1. The van der Waals surface area contributed by atoms with Gasteiger partial charge < -0.3 is 14.6 Å². The van der Waals surface area contributed by atoms with Gasteiger partial charge in [0.15, 0.2) is 0 Å². The molecule has 100 valence electrons. The number of hydrogen-bond donors (Lipinski definition) is 3. The van der Waals surface area contributed by atoms with Crippen molar-refractivity contribution in [3.8, 4) is 0 Å². The van der Waals surface area contributed by atoms with Gasteiger partial charge in [-0.25, -0.2) is 4.79 Å². The van der Waals surface area contributed by atoms with Crippen molar-refractivity contribution in [3.63, 3.8) is 0 Å². The normalized spacial score (nSPS) is 11.9. The van der Waals surface area contributed by atoms with E-state index in [0.717, 1.165) is 10.5 Å². The lowest BCUT2D eigenvalue weighted by molar-refractivity contribution is 0.101. The van der Waals surface area contributed by atoms with Crippen molar-refractivity contribution >= 4 is 7.60 Å². The van der Waals surface area contributed by atoms with Crippen LogP contribution in [0.25, 0.3) is 0 Å². The van der Waals surface area contributed by atoms with Crippen LogP contribution in [0.1, 0.15) is 12.0 Å². The number of nitrogens with zero attached hydrogens (tertiary/aromatic N) is 1. The van der Waals surface area contributed by atoms with Gasteiger partial charge in [-0.3, -0.25) is 14.3 Å². The molecular weight excluding hydrogens is 263 g/mol. The first-order chi connectivity index (χ1) is 8.29. The molecule has 8 nitrogen and oxygen atoms in total. The molecule has 0 aliphatic heterocycles. The second-order valence-electron chi connectivity index (χ2n) is 3.49. The van der Waals surface area contributed by atoms with Crippen LogP contribution in [0.5, 0.6) is 0 Å². The third-order valence-corrected chi connectivity index (χ3v) is 2.50. The van der Waals surface area contributed by atoms with Crippen LogP contribution >= 0.6 is 7.60 Å². The third-order valence-electron chi connectivity index (χ3n) is 1.90. The maximum absolute atomic E-state index is 11.3. The Morgan fingerprint density at radius 1 is 1.50 bits per heavy atom. The molecule has 0 bridgehead atoms. The highest BCUT2D eigenvalue weighted by Gasteiger charge is 2.04. The van der Waals surface area contributed by atoms with Crippen LogP contribution in [0.3, 0.4) is 0 Å². The number of H-pyrrole nitrogens is 1. The Balaban J connectivity index is 2.58. The Hall–Kier alpha value is -1.63. The van der Waals surface area contributed by atoms with Crippen LogP contribution in [0.2, 0.25) is 0 Å². The summed E-state index contributed by atoms with van der Waals surface area (Å²) in [5.74, 6) is 0.761. The van der Waals surface area contributed by atoms with Gasteiger partial charge in [-0.05, 0) is 6.92 Å². The molecule has 0 saturated carbocycles. The fraction of sp³-hybridized carbons (Fsp3) is 0.333. The maximum Gasteiger partial charge on any atom is 0.361 e. The second-order valence-corrected chi connectivity index (χ2v) is 4.97. The minimum atomic E-state index is -4.15. The van der Waals surface area contributed by atoms with Crippen LogP contribution in [-0.4, -0.2) is 26.1 Å². The van der Waals surface area contributed by atoms with E-state index < -0.39 is 18.8 Å². The Morgan fingerprint density at radius 3 is 2.78 bits per heavy atom. The summed E-state index contributed by atoms with van der Waals surface area (Å²) in [4.78, 5) is 46.5. The summed E-state index contributed by atoms with van der Waals surface area (Å²) in [6, 6.07) is 0. The molecule has 9 heteroatoms. The molecule has 0 amide bonds. The number of aromatic nitrogens is 2. The highest BCUT2D eigenvalue weighted by Crippen LogP contribution is 2.35. The molecule has 1 rings (SSSR count). The van der Waals surface area contributed by atoms with E-state index in [1.807, 2.05) is 0 Å². The lowest BCUT2D eigenvalue weighted by atomic mass is 10.4. The first kappa shape index (κ1) is 14.4. The molecule has 0 aliphatic rings. The van der Waals surface area contributed by atoms with Gasteiger partial charge in [0.2, 0.25) is 0 Å². The molecule has 3 N–H and O–H groups in total. The number of aryl methyl sites for hydroxylation is 1. The Morgan fingerprint density at radius 2 is 2.17 bits per heavy atom. The Bertz CT molecular complexity index is 596. The van der Waals surface area contributed by atoms with Gasteiger partial charge in [-0.1, -0.05) is 6.08 Å². The summed E-state index contributed by atoms with van der Waals surface area (Å²) in [5.41, 5.74) is -0.869. The van der Waals surface area contributed by atoms with Crippen molar-refractivity contribution in [2.45, 2.75) is 13.3 Å². The third kappa shape index (κ3) is 4.70. The fourth-order valence-electron chi connectivity index (χ4n) is 1.07. The topological polar surface area (TPSA) is 122 Å². The van der Waals surface area contributed by atoms with Gasteiger partial charge >= 0.3 is 13.3 Å². The molecular formula is C9H13N2O6P. The lowest BCUT2D eigenvalue weighted by Crippen LogP contribution is -2.34. The van der Waals surface area contributed by atoms with E-state index in [2.05, 4.69) is 4.98 Å². The molecule has 1 aromatic rings. The van der Waals surface area contributed by atoms with Crippen LogP contribution in [-0.2, 0) is 4.57 Å². The van der Waals surface area contributed by atoms with E-state index in [-0.39, 0.29) is 13.0 Å². The monoisotopic (exact) mass is 276 g/mol. The largest absolute Gasteiger partial charge is 0.409 e. The van der Waals surface area contributed by atoms with Crippen LogP contribution in [0, 0.1) is 6.92 Å². The van der Waals surface area contributed by atoms with Gasteiger partial charge in [0, 0.05) is 17.8 Å². The predicted molar refractivity (Wildman–Crippen MR) is 63.3 cm³/mol. The molecule has 0 spiro atoms. The van der Waals surface area contributed by atoms with Gasteiger partial charge in [-0.2, -0.15) is 0 Å². The molecule has 1 aromatic heterocycles. The quantitative estimate of drug-likeness (QED) is 0.485. The van der Waals surface area contributed by atoms with E-state index >= 15 is 0 Å². The lowest BCUT2D eigenvalue weighted by Gasteiger charge is -2.06. The predicted octanol–water partition coefficient (Wildman–Crippen LogP) is -0.645. The molecule has 0 aliphatic carbocycles. The van der Waals surface area contributed by atoms with Crippen LogP contribution < -0.4 is 16.1 Å². The Labute approximate surface area is 102 Å². The summed E-state index contributed by atoms with van der Waals surface area (Å²) in [6.45, 7) is 1.56. The number of nitrogens with one attached hydrogen (secondary N) is 1. The fourth-order valence-corrected chi connectivity index (χ4v) is 1.49. The second kappa shape index (κ2) is 5.81. The number of hydrogen-bond acceptors (Lipinski definition) is 4. The van der Waals surface area contributed by atoms with Crippen molar-refractivity contribution in [2.24, 2.45) is 0 Å². The molecule has 0 fully saturated rings. The molecule has 1 heterocycles. The van der Waals surface area contributed by atoms with Crippen molar-refractivity contribution in [1.29, 1.82) is 0 Å². The first-order valence-corrected chi connectivity index (χ1v) is 6.66. The summed E-state index contributed by atoms with van der Waals surface area (Å²) < 4.78 is 11.3. The van der Waals surface area contributed by atoms with E-state index in [0.29, 0.717) is 5.56 Å². The van der Waals surface area contributed by atoms with Crippen molar-refractivity contribution in [1.82, 2.24) is 9.71 Å². The zero-order valence-electron chi connectivity index (χ0n) is 9.57. The molecule has 18 heavy (non-hydrogen) atoms. The molecule has 0 aromatic carbocycles.